The van der Waals surface area contributed by atoms with E-state index < -0.39 is 5.24 Å². The van der Waals surface area contributed by atoms with Crippen molar-refractivity contribution in [3.63, 3.8) is 0 Å². The summed E-state index contributed by atoms with van der Waals surface area (Å²) in [4.78, 5) is 15.4. The molecule has 0 spiro atoms. The second kappa shape index (κ2) is 3.10. The van der Waals surface area contributed by atoms with Gasteiger partial charge in [0.25, 0.3) is 5.24 Å². The van der Waals surface area contributed by atoms with E-state index in [1.165, 1.54) is 0 Å². The molecule has 0 aliphatic carbocycles. The molecule has 2 aromatic heterocycles. The van der Waals surface area contributed by atoms with Crippen LogP contribution in [0, 0.1) is 13.8 Å². The molecule has 0 saturated carbocycles. The van der Waals surface area contributed by atoms with E-state index in [2.05, 4.69) is 4.98 Å². The molecule has 0 aliphatic rings. The van der Waals surface area contributed by atoms with Crippen molar-refractivity contribution in [1.29, 1.82) is 0 Å². The van der Waals surface area contributed by atoms with Gasteiger partial charge in [0, 0.05) is 6.20 Å². The Balaban J connectivity index is 2.84. The molecule has 14 heavy (non-hydrogen) atoms. The summed E-state index contributed by atoms with van der Waals surface area (Å²) in [7, 11) is 0. The Morgan fingerprint density at radius 3 is 2.86 bits per heavy atom. The van der Waals surface area contributed by atoms with E-state index >= 15 is 0 Å². The van der Waals surface area contributed by atoms with Crippen molar-refractivity contribution in [3.8, 4) is 0 Å². The van der Waals surface area contributed by atoms with Crippen molar-refractivity contribution in [3.05, 3.63) is 35.3 Å². The van der Waals surface area contributed by atoms with Gasteiger partial charge in [-0.2, -0.15) is 0 Å². The number of carbonyl (C=O) groups is 1. The molecule has 2 aromatic rings. The standard InChI is InChI=1S/C10H9ClN2O/c1-6-3-4-13-8(5-6)12-7(2)9(13)10(11)14/h3-5H,1-2H3. The summed E-state index contributed by atoms with van der Waals surface area (Å²) < 4.78 is 1.71. The average molecular weight is 209 g/mol. The molecule has 4 heteroatoms. The van der Waals surface area contributed by atoms with Crippen molar-refractivity contribution < 1.29 is 4.79 Å². The number of imidazole rings is 1. The fourth-order valence-corrected chi connectivity index (χ4v) is 1.73. The van der Waals surface area contributed by atoms with Crippen LogP contribution in [-0.4, -0.2) is 14.6 Å². The van der Waals surface area contributed by atoms with Crippen molar-refractivity contribution in [2.24, 2.45) is 0 Å². The molecule has 0 atom stereocenters. The number of nitrogens with zero attached hydrogens (tertiary/aromatic N) is 2. The van der Waals surface area contributed by atoms with E-state index in [0.717, 1.165) is 11.2 Å². The smallest absolute Gasteiger partial charge is 0.271 e. The molecular formula is C10H9ClN2O. The molecule has 0 amide bonds. The van der Waals surface area contributed by atoms with Crippen LogP contribution in [0.2, 0.25) is 0 Å². The van der Waals surface area contributed by atoms with Crippen LogP contribution in [-0.2, 0) is 0 Å². The molecule has 0 saturated heterocycles. The molecule has 0 unspecified atom stereocenters. The highest BCUT2D eigenvalue weighted by molar-refractivity contribution is 6.67. The van der Waals surface area contributed by atoms with Crippen LogP contribution < -0.4 is 0 Å². The molecule has 0 aliphatic heterocycles. The summed E-state index contributed by atoms with van der Waals surface area (Å²) in [6.07, 6.45) is 1.81. The van der Waals surface area contributed by atoms with Gasteiger partial charge in [-0.25, -0.2) is 4.98 Å². The molecule has 0 aromatic carbocycles. The number of carbonyl (C=O) groups excluding carboxylic acids is 1. The van der Waals surface area contributed by atoms with Crippen LogP contribution in [0.4, 0.5) is 0 Å². The Labute approximate surface area is 86.3 Å². The molecule has 2 rings (SSSR count). The maximum absolute atomic E-state index is 11.1. The molecular weight excluding hydrogens is 200 g/mol. The van der Waals surface area contributed by atoms with Gasteiger partial charge in [0.05, 0.1) is 5.69 Å². The van der Waals surface area contributed by atoms with Crippen LogP contribution in [0.5, 0.6) is 0 Å². The predicted octanol–water partition coefficient (Wildman–Crippen LogP) is 2.33. The zero-order valence-electron chi connectivity index (χ0n) is 7.91. The third-order valence-corrected chi connectivity index (χ3v) is 2.32. The van der Waals surface area contributed by atoms with E-state index in [-0.39, 0.29) is 0 Å². The van der Waals surface area contributed by atoms with E-state index in [1.807, 2.05) is 19.1 Å². The lowest BCUT2D eigenvalue weighted by atomic mass is 10.3. The second-order valence-electron chi connectivity index (χ2n) is 3.25. The van der Waals surface area contributed by atoms with Crippen molar-refractivity contribution in [1.82, 2.24) is 9.38 Å². The number of hydrogen-bond acceptors (Lipinski definition) is 2. The van der Waals surface area contributed by atoms with Crippen LogP contribution in [0.3, 0.4) is 0 Å². The highest BCUT2D eigenvalue weighted by Crippen LogP contribution is 2.15. The Morgan fingerprint density at radius 2 is 2.21 bits per heavy atom. The van der Waals surface area contributed by atoms with Gasteiger partial charge >= 0.3 is 0 Å². The third-order valence-electron chi connectivity index (χ3n) is 2.14. The predicted molar refractivity (Wildman–Crippen MR) is 54.8 cm³/mol. The van der Waals surface area contributed by atoms with Gasteiger partial charge in [0.15, 0.2) is 0 Å². The van der Waals surface area contributed by atoms with Crippen LogP contribution in [0.1, 0.15) is 21.7 Å². The molecule has 72 valence electrons. The summed E-state index contributed by atoms with van der Waals surface area (Å²) in [6.45, 7) is 3.75. The number of rotatable bonds is 1. The monoisotopic (exact) mass is 208 g/mol. The summed E-state index contributed by atoms with van der Waals surface area (Å²) in [5, 5.41) is -0.473. The normalized spacial score (nSPS) is 10.8. The van der Waals surface area contributed by atoms with Crippen LogP contribution >= 0.6 is 11.6 Å². The minimum atomic E-state index is -0.473. The van der Waals surface area contributed by atoms with Gasteiger partial charge in [-0.3, -0.25) is 9.20 Å². The first-order valence-electron chi connectivity index (χ1n) is 4.25. The number of hydrogen-bond donors (Lipinski definition) is 0. The number of aryl methyl sites for hydroxylation is 2. The topological polar surface area (TPSA) is 34.4 Å². The second-order valence-corrected chi connectivity index (χ2v) is 3.60. The lowest BCUT2D eigenvalue weighted by molar-refractivity contribution is 0.107. The van der Waals surface area contributed by atoms with Gasteiger partial charge < -0.3 is 0 Å². The van der Waals surface area contributed by atoms with Crippen molar-refractivity contribution in [2.45, 2.75) is 13.8 Å². The van der Waals surface area contributed by atoms with Gasteiger partial charge in [-0.05, 0) is 43.1 Å². The van der Waals surface area contributed by atoms with Gasteiger partial charge in [-0.15, -0.1) is 0 Å². The highest BCUT2D eigenvalue weighted by Gasteiger charge is 2.13. The minimum absolute atomic E-state index is 0.446. The first-order chi connectivity index (χ1) is 6.59. The molecule has 0 radical (unpaired) electrons. The lowest BCUT2D eigenvalue weighted by Gasteiger charge is -1.97. The third kappa shape index (κ3) is 1.30. The fourth-order valence-electron chi connectivity index (χ4n) is 1.50. The Bertz CT molecular complexity index is 516. The Hall–Kier alpha value is -1.35. The van der Waals surface area contributed by atoms with Crippen LogP contribution in [0.25, 0.3) is 5.65 Å². The number of aromatic nitrogens is 2. The van der Waals surface area contributed by atoms with Crippen molar-refractivity contribution >= 4 is 22.5 Å². The molecule has 0 N–H and O–H groups in total. The first-order valence-corrected chi connectivity index (χ1v) is 4.62. The number of halogens is 1. The quantitative estimate of drug-likeness (QED) is 0.675. The van der Waals surface area contributed by atoms with E-state index in [9.17, 15) is 4.79 Å². The maximum Gasteiger partial charge on any atom is 0.271 e. The zero-order chi connectivity index (χ0) is 10.3. The summed E-state index contributed by atoms with van der Waals surface area (Å²) in [5.41, 5.74) is 2.97. The molecule has 2 heterocycles. The van der Waals surface area contributed by atoms with Gasteiger partial charge in [0.1, 0.15) is 11.3 Å². The number of fused-ring (bicyclic) bond motifs is 1. The maximum atomic E-state index is 11.1. The van der Waals surface area contributed by atoms with Crippen LogP contribution in [0.15, 0.2) is 18.3 Å². The molecule has 0 fully saturated rings. The lowest BCUT2D eigenvalue weighted by Crippen LogP contribution is -1.97. The minimum Gasteiger partial charge on any atom is -0.296 e. The SMILES string of the molecule is Cc1ccn2c(C(=O)Cl)c(C)nc2c1. The highest BCUT2D eigenvalue weighted by atomic mass is 35.5. The zero-order valence-corrected chi connectivity index (χ0v) is 8.67. The van der Waals surface area contributed by atoms with Gasteiger partial charge in [-0.1, -0.05) is 0 Å². The van der Waals surface area contributed by atoms with Crippen molar-refractivity contribution in [2.75, 3.05) is 0 Å². The van der Waals surface area contributed by atoms with E-state index in [4.69, 9.17) is 11.6 Å². The summed E-state index contributed by atoms with van der Waals surface area (Å²) in [5.74, 6) is 0. The van der Waals surface area contributed by atoms with E-state index in [0.29, 0.717) is 11.4 Å². The summed E-state index contributed by atoms with van der Waals surface area (Å²) in [6, 6.07) is 3.83. The summed E-state index contributed by atoms with van der Waals surface area (Å²) >= 11 is 5.47. The molecule has 3 nitrogen and oxygen atoms in total. The fraction of sp³-hybridized carbons (Fsp3) is 0.200. The van der Waals surface area contributed by atoms with E-state index in [1.54, 1.807) is 17.5 Å². The molecule has 0 bridgehead atoms. The average Bonchev–Trinajstić information content (AvgIpc) is 2.39. The Kier molecular flexibility index (Phi) is 2.04. The first kappa shape index (κ1) is 9.21. The number of pyridine rings is 1. The van der Waals surface area contributed by atoms with Gasteiger partial charge in [0.2, 0.25) is 0 Å². The Morgan fingerprint density at radius 1 is 1.50 bits per heavy atom. The largest absolute Gasteiger partial charge is 0.296 e.